The number of alkyl halides is 2. The van der Waals surface area contributed by atoms with Gasteiger partial charge in [-0.1, -0.05) is 65.7 Å². The lowest BCUT2D eigenvalue weighted by Gasteiger charge is -2.23. The molecule has 7 heteroatoms. The molecule has 4 nitrogen and oxygen atoms in total. The number of carbonyl (C=O) groups excluding carboxylic acids is 1. The van der Waals surface area contributed by atoms with E-state index in [1.165, 1.54) is 57.6 Å². The average molecular weight is 523 g/mol. The minimum atomic E-state index is -1.91. The van der Waals surface area contributed by atoms with Gasteiger partial charge in [0, 0.05) is 0 Å². The molecule has 37 heavy (non-hydrogen) atoms. The molecule has 0 amide bonds. The average Bonchev–Trinajstić information content (AvgIpc) is 2.88. The zero-order valence-corrected chi connectivity index (χ0v) is 22.5. The van der Waals surface area contributed by atoms with Crippen molar-refractivity contribution in [3.63, 3.8) is 0 Å². The highest BCUT2D eigenvalue weighted by molar-refractivity contribution is 5.91. The summed E-state index contributed by atoms with van der Waals surface area (Å²) in [6.07, 6.45) is 5.00. The van der Waals surface area contributed by atoms with Crippen molar-refractivity contribution in [2.45, 2.75) is 97.5 Å². The van der Waals surface area contributed by atoms with Crippen molar-refractivity contribution in [2.24, 2.45) is 5.92 Å². The first-order valence-corrected chi connectivity index (χ1v) is 13.4. The first kappa shape index (κ1) is 30.5. The van der Waals surface area contributed by atoms with Gasteiger partial charge in [0.05, 0.1) is 12.2 Å². The topological polar surface area (TPSA) is 44.8 Å². The molecule has 0 unspecified atom stereocenters. The van der Waals surface area contributed by atoms with Gasteiger partial charge in [0.25, 0.3) is 0 Å². The molecular formula is C30H41F3O4. The van der Waals surface area contributed by atoms with Crippen LogP contribution in [0, 0.1) is 11.7 Å². The van der Waals surface area contributed by atoms with Crippen LogP contribution in [-0.2, 0) is 0 Å². The van der Waals surface area contributed by atoms with Crippen molar-refractivity contribution in [3.8, 4) is 17.2 Å². The van der Waals surface area contributed by atoms with Gasteiger partial charge in [-0.05, 0) is 61.7 Å². The van der Waals surface area contributed by atoms with Crippen LogP contribution in [-0.4, -0.2) is 31.0 Å². The smallest absolute Gasteiger partial charge is 0.343 e. The minimum absolute atomic E-state index is 0.0325. The fourth-order valence-corrected chi connectivity index (χ4v) is 3.81. The van der Waals surface area contributed by atoms with E-state index in [4.69, 9.17) is 14.2 Å². The van der Waals surface area contributed by atoms with Gasteiger partial charge in [0.2, 0.25) is 0 Å². The Hall–Kier alpha value is -2.70. The maximum absolute atomic E-state index is 14.5. The number of hydrogen-bond acceptors (Lipinski definition) is 4. The van der Waals surface area contributed by atoms with Crippen molar-refractivity contribution >= 4 is 5.97 Å². The highest BCUT2D eigenvalue weighted by atomic mass is 19.2. The van der Waals surface area contributed by atoms with E-state index in [2.05, 4.69) is 6.92 Å². The Bertz CT molecular complexity index is 933. The Kier molecular flexibility index (Phi) is 13.4. The second-order valence-corrected chi connectivity index (χ2v) is 9.79. The van der Waals surface area contributed by atoms with Crippen LogP contribution in [0.5, 0.6) is 17.2 Å². The predicted octanol–water partition coefficient (Wildman–Crippen LogP) is 8.66. The fourth-order valence-electron chi connectivity index (χ4n) is 3.81. The molecule has 3 atom stereocenters. The maximum Gasteiger partial charge on any atom is 0.343 e. The monoisotopic (exact) mass is 522 g/mol. The summed E-state index contributed by atoms with van der Waals surface area (Å²) in [6.45, 7) is 7.31. The summed E-state index contributed by atoms with van der Waals surface area (Å²) in [5.74, 6) is -1.43. The molecule has 0 aliphatic rings. The molecule has 0 fully saturated rings. The zero-order valence-electron chi connectivity index (χ0n) is 22.5. The van der Waals surface area contributed by atoms with Crippen LogP contribution in [0.1, 0.15) is 89.4 Å². The molecule has 0 bridgehead atoms. The van der Waals surface area contributed by atoms with Gasteiger partial charge in [-0.25, -0.2) is 18.0 Å². The first-order valence-electron chi connectivity index (χ1n) is 13.4. The van der Waals surface area contributed by atoms with Gasteiger partial charge >= 0.3 is 5.97 Å². The second kappa shape index (κ2) is 16.2. The molecule has 2 rings (SSSR count). The third kappa shape index (κ3) is 10.7. The molecule has 0 aromatic heterocycles. The molecule has 0 aliphatic heterocycles. The highest BCUT2D eigenvalue weighted by Crippen LogP contribution is 2.25. The molecule has 0 spiro atoms. The molecule has 0 saturated heterocycles. The van der Waals surface area contributed by atoms with Crippen molar-refractivity contribution in [1.29, 1.82) is 0 Å². The van der Waals surface area contributed by atoms with E-state index in [9.17, 15) is 18.0 Å². The largest absolute Gasteiger partial charge is 0.494 e. The van der Waals surface area contributed by atoms with Crippen molar-refractivity contribution in [1.82, 2.24) is 0 Å². The summed E-state index contributed by atoms with van der Waals surface area (Å²) in [6, 6.07) is 10.1. The van der Waals surface area contributed by atoms with Crippen molar-refractivity contribution in [3.05, 3.63) is 53.8 Å². The fraction of sp³-hybridized carbons (Fsp3) is 0.567. The van der Waals surface area contributed by atoms with E-state index >= 15 is 0 Å². The van der Waals surface area contributed by atoms with Gasteiger partial charge < -0.3 is 14.2 Å². The number of ether oxygens (including phenoxy) is 3. The van der Waals surface area contributed by atoms with Crippen LogP contribution in [0.2, 0.25) is 0 Å². The minimum Gasteiger partial charge on any atom is -0.494 e. The quantitative estimate of drug-likeness (QED) is 0.118. The van der Waals surface area contributed by atoms with Crippen LogP contribution >= 0.6 is 0 Å². The zero-order chi connectivity index (χ0) is 27.2. The van der Waals surface area contributed by atoms with Gasteiger partial charge in [0.15, 0.2) is 17.7 Å². The molecule has 206 valence electrons. The van der Waals surface area contributed by atoms with E-state index in [-0.39, 0.29) is 11.3 Å². The maximum atomic E-state index is 14.5. The Labute approximate surface area is 219 Å². The molecule has 0 aliphatic carbocycles. The van der Waals surface area contributed by atoms with Crippen LogP contribution in [0.15, 0.2) is 42.5 Å². The number of unbranched alkanes of at least 4 members (excludes halogenated alkanes) is 7. The molecule has 0 N–H and O–H groups in total. The molecule has 2 aromatic carbocycles. The Morgan fingerprint density at radius 2 is 1.41 bits per heavy atom. The lowest BCUT2D eigenvalue weighted by atomic mass is 10.0. The molecule has 0 radical (unpaired) electrons. The van der Waals surface area contributed by atoms with Crippen LogP contribution in [0.25, 0.3) is 0 Å². The number of rotatable bonds is 17. The molecule has 0 heterocycles. The lowest BCUT2D eigenvalue weighted by Crippen LogP contribution is -2.36. The van der Waals surface area contributed by atoms with E-state index in [1.54, 1.807) is 38.1 Å². The number of benzene rings is 2. The lowest BCUT2D eigenvalue weighted by molar-refractivity contribution is 0.0319. The summed E-state index contributed by atoms with van der Waals surface area (Å²) in [5, 5.41) is 0. The van der Waals surface area contributed by atoms with Gasteiger partial charge in [-0.2, -0.15) is 0 Å². The third-order valence-electron chi connectivity index (χ3n) is 6.17. The summed E-state index contributed by atoms with van der Waals surface area (Å²) in [5.41, 5.74) is -0.0325. The van der Waals surface area contributed by atoms with E-state index in [0.717, 1.165) is 18.9 Å². The van der Waals surface area contributed by atoms with Gasteiger partial charge in [-0.3, -0.25) is 0 Å². The Morgan fingerprint density at radius 3 is 2.00 bits per heavy atom. The van der Waals surface area contributed by atoms with Crippen LogP contribution in [0.3, 0.4) is 0 Å². The number of carbonyl (C=O) groups is 1. The van der Waals surface area contributed by atoms with Gasteiger partial charge in [-0.15, -0.1) is 0 Å². The summed E-state index contributed by atoms with van der Waals surface area (Å²) in [7, 11) is 0. The number of esters is 1. The summed E-state index contributed by atoms with van der Waals surface area (Å²) >= 11 is 0. The Balaban J connectivity index is 1.78. The predicted molar refractivity (Wildman–Crippen MR) is 141 cm³/mol. The number of hydrogen-bond donors (Lipinski definition) is 0. The van der Waals surface area contributed by atoms with E-state index in [0.29, 0.717) is 18.1 Å². The van der Waals surface area contributed by atoms with Crippen molar-refractivity contribution < 1.29 is 32.2 Å². The van der Waals surface area contributed by atoms with E-state index < -0.39 is 36.2 Å². The van der Waals surface area contributed by atoms with Crippen LogP contribution < -0.4 is 14.2 Å². The van der Waals surface area contributed by atoms with Crippen LogP contribution in [0.4, 0.5) is 13.2 Å². The van der Waals surface area contributed by atoms with Crippen molar-refractivity contribution in [2.75, 3.05) is 6.61 Å². The Morgan fingerprint density at radius 1 is 0.811 bits per heavy atom. The molecule has 2 aromatic rings. The second-order valence-electron chi connectivity index (χ2n) is 9.79. The molecular weight excluding hydrogens is 481 g/mol. The summed E-state index contributed by atoms with van der Waals surface area (Å²) in [4.78, 5) is 12.4. The first-order chi connectivity index (χ1) is 17.7. The standard InChI is InChI=1S/C30H41F3O4/c1-5-6-7-8-9-10-11-12-19-35-24-14-16-25(17-15-24)37-30(34)23-13-18-27(26(31)20-23)36-22(4)29(33)28(32)21(2)3/h13-18,20-22,28-29H,5-12,19H2,1-4H3/t22-,28+,29+/m1/s1. The molecule has 0 saturated carbocycles. The summed E-state index contributed by atoms with van der Waals surface area (Å²) < 4.78 is 58.9. The van der Waals surface area contributed by atoms with E-state index in [1.807, 2.05) is 0 Å². The SMILES string of the molecule is CCCCCCCCCCOc1ccc(OC(=O)c2ccc(O[C@H](C)[C@H](F)[C@@H](F)C(C)C)c(F)c2)cc1. The normalized spacial score (nSPS) is 13.7. The highest BCUT2D eigenvalue weighted by Gasteiger charge is 2.31. The number of halogens is 3. The third-order valence-corrected chi connectivity index (χ3v) is 6.17. The van der Waals surface area contributed by atoms with Gasteiger partial charge in [0.1, 0.15) is 23.8 Å².